The monoisotopic (exact) mass is 311 g/mol. The molecule has 3 rings (SSSR count). The molecule has 1 aliphatic rings. The van der Waals surface area contributed by atoms with E-state index >= 15 is 0 Å². The van der Waals surface area contributed by atoms with Gasteiger partial charge in [-0.05, 0) is 30.5 Å². The zero-order valence-corrected chi connectivity index (χ0v) is 13.5. The van der Waals surface area contributed by atoms with E-state index in [1.807, 2.05) is 18.2 Å². The Morgan fingerprint density at radius 2 is 1.78 bits per heavy atom. The zero-order chi connectivity index (χ0) is 16.3. The van der Waals surface area contributed by atoms with E-state index in [0.29, 0.717) is 23.6 Å². The number of para-hydroxylation sites is 1. The highest BCUT2D eigenvalue weighted by Gasteiger charge is 2.44. The quantitative estimate of drug-likeness (QED) is 0.891. The summed E-state index contributed by atoms with van der Waals surface area (Å²) in [6, 6.07) is 15.7. The molecule has 2 aromatic rings. The van der Waals surface area contributed by atoms with Gasteiger partial charge in [0.15, 0.2) is 11.5 Å². The first-order valence-corrected chi connectivity index (χ1v) is 7.75. The molecule has 0 spiro atoms. The Bertz CT molecular complexity index is 693. The molecule has 0 saturated heterocycles. The van der Waals surface area contributed by atoms with E-state index in [2.05, 4.69) is 17.4 Å². The van der Waals surface area contributed by atoms with Crippen LogP contribution in [0, 0.1) is 0 Å². The Hall–Kier alpha value is -2.49. The molecule has 0 atom stereocenters. The van der Waals surface area contributed by atoms with Crippen LogP contribution < -0.4 is 14.8 Å². The van der Waals surface area contributed by atoms with Crippen LogP contribution in [0.3, 0.4) is 0 Å². The Labute approximate surface area is 136 Å². The molecule has 23 heavy (non-hydrogen) atoms. The molecular weight excluding hydrogens is 290 g/mol. The third-order valence-corrected chi connectivity index (χ3v) is 4.47. The highest BCUT2D eigenvalue weighted by molar-refractivity contribution is 5.97. The van der Waals surface area contributed by atoms with Gasteiger partial charge in [-0.2, -0.15) is 0 Å². The van der Waals surface area contributed by atoms with E-state index in [0.717, 1.165) is 12.8 Å². The maximum absolute atomic E-state index is 12.6. The summed E-state index contributed by atoms with van der Waals surface area (Å²) < 4.78 is 10.6. The third kappa shape index (κ3) is 3.02. The largest absolute Gasteiger partial charge is 0.493 e. The standard InChI is InChI=1S/C19H21NO3/c1-22-16-10-6-9-15(17(16)23-2)18(21)20-13-19(11-12-19)14-7-4-3-5-8-14/h3-10H,11-13H2,1-2H3,(H,20,21). The number of methoxy groups -OCH3 is 2. The van der Waals surface area contributed by atoms with Crippen molar-refractivity contribution in [3.05, 3.63) is 59.7 Å². The zero-order valence-electron chi connectivity index (χ0n) is 13.5. The molecule has 0 bridgehead atoms. The van der Waals surface area contributed by atoms with Gasteiger partial charge in [0.2, 0.25) is 0 Å². The molecule has 0 heterocycles. The highest BCUT2D eigenvalue weighted by atomic mass is 16.5. The average Bonchev–Trinajstić information content (AvgIpc) is 3.41. The van der Waals surface area contributed by atoms with Crippen LogP contribution in [-0.4, -0.2) is 26.7 Å². The molecule has 0 aliphatic heterocycles. The van der Waals surface area contributed by atoms with Gasteiger partial charge in [-0.3, -0.25) is 4.79 Å². The maximum atomic E-state index is 12.6. The van der Waals surface area contributed by atoms with E-state index in [4.69, 9.17) is 9.47 Å². The van der Waals surface area contributed by atoms with Gasteiger partial charge in [-0.1, -0.05) is 36.4 Å². The molecule has 1 fully saturated rings. The number of carbonyl (C=O) groups is 1. The second-order valence-corrected chi connectivity index (χ2v) is 5.87. The van der Waals surface area contributed by atoms with Crippen LogP contribution in [0.5, 0.6) is 11.5 Å². The first kappa shape index (κ1) is 15.4. The fourth-order valence-electron chi connectivity index (χ4n) is 2.92. The number of nitrogens with one attached hydrogen (secondary N) is 1. The number of hydrogen-bond donors (Lipinski definition) is 1. The topological polar surface area (TPSA) is 47.6 Å². The van der Waals surface area contributed by atoms with Gasteiger partial charge in [0.25, 0.3) is 5.91 Å². The van der Waals surface area contributed by atoms with Crippen LogP contribution in [-0.2, 0) is 5.41 Å². The average molecular weight is 311 g/mol. The summed E-state index contributed by atoms with van der Waals surface area (Å²) in [5.41, 5.74) is 1.87. The van der Waals surface area contributed by atoms with Crippen molar-refractivity contribution in [3.63, 3.8) is 0 Å². The number of hydrogen-bond acceptors (Lipinski definition) is 3. The molecular formula is C19H21NO3. The Morgan fingerprint density at radius 3 is 2.39 bits per heavy atom. The summed E-state index contributed by atoms with van der Waals surface area (Å²) in [5.74, 6) is 0.893. The molecule has 1 amide bonds. The van der Waals surface area contributed by atoms with Crippen molar-refractivity contribution < 1.29 is 14.3 Å². The summed E-state index contributed by atoms with van der Waals surface area (Å²) in [6.45, 7) is 0.635. The molecule has 4 nitrogen and oxygen atoms in total. The predicted molar refractivity (Wildman–Crippen MR) is 89.2 cm³/mol. The second kappa shape index (κ2) is 6.32. The lowest BCUT2D eigenvalue weighted by atomic mass is 9.96. The first-order valence-electron chi connectivity index (χ1n) is 7.75. The fourth-order valence-corrected chi connectivity index (χ4v) is 2.92. The lowest BCUT2D eigenvalue weighted by molar-refractivity contribution is 0.0946. The molecule has 0 unspecified atom stereocenters. The minimum absolute atomic E-state index is 0.0863. The first-order chi connectivity index (χ1) is 11.2. The van der Waals surface area contributed by atoms with Crippen molar-refractivity contribution in [2.45, 2.75) is 18.3 Å². The smallest absolute Gasteiger partial charge is 0.255 e. The van der Waals surface area contributed by atoms with Crippen LogP contribution in [0.1, 0.15) is 28.8 Å². The van der Waals surface area contributed by atoms with Crippen LogP contribution in [0.25, 0.3) is 0 Å². The summed E-state index contributed by atoms with van der Waals surface area (Å²) in [5, 5.41) is 3.05. The summed E-state index contributed by atoms with van der Waals surface area (Å²) in [4.78, 5) is 12.6. The van der Waals surface area contributed by atoms with E-state index in [-0.39, 0.29) is 11.3 Å². The number of rotatable bonds is 6. The van der Waals surface area contributed by atoms with E-state index < -0.39 is 0 Å². The van der Waals surface area contributed by atoms with Crippen molar-refractivity contribution in [1.82, 2.24) is 5.32 Å². The fraction of sp³-hybridized carbons (Fsp3) is 0.316. The van der Waals surface area contributed by atoms with Gasteiger partial charge >= 0.3 is 0 Å². The number of ether oxygens (including phenoxy) is 2. The molecule has 120 valence electrons. The molecule has 2 aromatic carbocycles. The molecule has 0 radical (unpaired) electrons. The van der Waals surface area contributed by atoms with Crippen molar-refractivity contribution >= 4 is 5.91 Å². The van der Waals surface area contributed by atoms with E-state index in [1.54, 1.807) is 32.4 Å². The summed E-state index contributed by atoms with van der Waals surface area (Å²) in [7, 11) is 3.11. The van der Waals surface area contributed by atoms with Gasteiger partial charge in [-0.25, -0.2) is 0 Å². The van der Waals surface area contributed by atoms with E-state index in [9.17, 15) is 4.79 Å². The van der Waals surface area contributed by atoms with Crippen molar-refractivity contribution in [2.75, 3.05) is 20.8 Å². The predicted octanol–water partition coefficient (Wildman–Crippen LogP) is 3.17. The molecule has 1 saturated carbocycles. The summed E-state index contributed by atoms with van der Waals surface area (Å²) >= 11 is 0. The number of carbonyl (C=O) groups excluding carboxylic acids is 1. The SMILES string of the molecule is COc1cccc(C(=O)NCC2(c3ccccc3)CC2)c1OC. The third-order valence-electron chi connectivity index (χ3n) is 4.47. The minimum Gasteiger partial charge on any atom is -0.493 e. The van der Waals surface area contributed by atoms with Gasteiger partial charge in [0.05, 0.1) is 19.8 Å². The number of benzene rings is 2. The lowest BCUT2D eigenvalue weighted by Gasteiger charge is -2.18. The highest BCUT2D eigenvalue weighted by Crippen LogP contribution is 2.47. The molecule has 0 aromatic heterocycles. The van der Waals surface area contributed by atoms with Crippen LogP contribution in [0.4, 0.5) is 0 Å². The van der Waals surface area contributed by atoms with Crippen LogP contribution in [0.2, 0.25) is 0 Å². The van der Waals surface area contributed by atoms with Crippen molar-refractivity contribution in [3.8, 4) is 11.5 Å². The van der Waals surface area contributed by atoms with Gasteiger partial charge in [0, 0.05) is 12.0 Å². The lowest BCUT2D eigenvalue weighted by Crippen LogP contribution is -2.32. The van der Waals surface area contributed by atoms with Gasteiger partial charge in [0.1, 0.15) is 0 Å². The molecule has 1 N–H and O–H groups in total. The molecule has 1 aliphatic carbocycles. The number of amides is 1. The van der Waals surface area contributed by atoms with Crippen molar-refractivity contribution in [1.29, 1.82) is 0 Å². The normalized spacial score (nSPS) is 14.9. The van der Waals surface area contributed by atoms with Crippen LogP contribution in [0.15, 0.2) is 48.5 Å². The Kier molecular flexibility index (Phi) is 4.24. The Morgan fingerprint density at radius 1 is 1.04 bits per heavy atom. The Balaban J connectivity index is 1.74. The second-order valence-electron chi connectivity index (χ2n) is 5.87. The molecule has 4 heteroatoms. The van der Waals surface area contributed by atoms with Gasteiger partial charge in [-0.15, -0.1) is 0 Å². The van der Waals surface area contributed by atoms with E-state index in [1.165, 1.54) is 5.56 Å². The maximum Gasteiger partial charge on any atom is 0.255 e. The van der Waals surface area contributed by atoms with Gasteiger partial charge < -0.3 is 14.8 Å². The minimum atomic E-state index is -0.136. The van der Waals surface area contributed by atoms with Crippen molar-refractivity contribution in [2.24, 2.45) is 0 Å². The van der Waals surface area contributed by atoms with Crippen LogP contribution >= 0.6 is 0 Å². The summed E-state index contributed by atoms with van der Waals surface area (Å²) in [6.07, 6.45) is 2.21.